The highest BCUT2D eigenvalue weighted by atomic mass is 16.5. The van der Waals surface area contributed by atoms with E-state index in [2.05, 4.69) is 18.2 Å². The van der Waals surface area contributed by atoms with Crippen molar-refractivity contribution in [1.82, 2.24) is 0 Å². The maximum Gasteiger partial charge on any atom is 0.0855 e. The van der Waals surface area contributed by atoms with E-state index in [1.54, 1.807) is 14.0 Å². The van der Waals surface area contributed by atoms with Crippen LogP contribution in [0, 0.1) is 0 Å². The molecule has 0 heterocycles. The van der Waals surface area contributed by atoms with Gasteiger partial charge in [-0.25, -0.2) is 0 Å². The number of benzene rings is 1. The van der Waals surface area contributed by atoms with E-state index in [0.717, 1.165) is 6.42 Å². The molecular formula is C14H20O2. The first-order chi connectivity index (χ1) is 7.74. The van der Waals surface area contributed by atoms with E-state index in [4.69, 9.17) is 9.84 Å². The van der Waals surface area contributed by atoms with Gasteiger partial charge in [-0.1, -0.05) is 42.5 Å². The monoisotopic (exact) mass is 220 g/mol. The van der Waals surface area contributed by atoms with E-state index >= 15 is 0 Å². The van der Waals surface area contributed by atoms with Crippen LogP contribution in [-0.2, 0) is 4.74 Å². The summed E-state index contributed by atoms with van der Waals surface area (Å²) in [5.74, 6) is 0. The number of ether oxygens (including phenoxy) is 1. The van der Waals surface area contributed by atoms with Crippen molar-refractivity contribution in [3.05, 3.63) is 48.0 Å². The van der Waals surface area contributed by atoms with Crippen molar-refractivity contribution < 1.29 is 9.84 Å². The molecule has 0 aliphatic carbocycles. The average Bonchev–Trinajstić information content (AvgIpc) is 2.30. The highest BCUT2D eigenvalue weighted by Crippen LogP contribution is 2.20. The number of aliphatic hydroxyl groups is 1. The van der Waals surface area contributed by atoms with E-state index in [-0.39, 0.29) is 12.2 Å². The lowest BCUT2D eigenvalue weighted by Gasteiger charge is -2.13. The molecule has 0 fully saturated rings. The molecule has 1 rings (SSSR count). The first-order valence-electron chi connectivity index (χ1n) is 5.65. The van der Waals surface area contributed by atoms with E-state index in [1.165, 1.54) is 5.56 Å². The van der Waals surface area contributed by atoms with Gasteiger partial charge in [-0.15, -0.1) is 0 Å². The Hall–Kier alpha value is -1.12. The van der Waals surface area contributed by atoms with E-state index in [9.17, 15) is 0 Å². The van der Waals surface area contributed by atoms with Gasteiger partial charge in [0.25, 0.3) is 0 Å². The van der Waals surface area contributed by atoms with Crippen molar-refractivity contribution in [2.75, 3.05) is 7.11 Å². The fourth-order valence-electron chi connectivity index (χ4n) is 1.55. The summed E-state index contributed by atoms with van der Waals surface area (Å²) in [7, 11) is 1.72. The Labute approximate surface area is 97.6 Å². The Morgan fingerprint density at radius 3 is 2.38 bits per heavy atom. The third-order valence-electron chi connectivity index (χ3n) is 2.45. The second kappa shape index (κ2) is 7.20. The molecule has 2 nitrogen and oxygen atoms in total. The molecule has 0 aromatic heterocycles. The molecular weight excluding hydrogens is 200 g/mol. The number of hydrogen-bond acceptors (Lipinski definition) is 2. The quantitative estimate of drug-likeness (QED) is 0.746. The molecule has 2 heteroatoms. The standard InChI is InChI=1S/C14H20O2/c1-12(15)8-6-7-11-14(16-2)13-9-4-3-5-10-13/h3-7,9-10,12,14-15H,8,11H2,1-2H3/b7-6-/t12-,14-/m1/s1. The summed E-state index contributed by atoms with van der Waals surface area (Å²) in [5.41, 5.74) is 1.19. The normalized spacial score (nSPS) is 15.2. The van der Waals surface area contributed by atoms with Crippen molar-refractivity contribution in [3.63, 3.8) is 0 Å². The molecule has 0 saturated carbocycles. The van der Waals surface area contributed by atoms with Gasteiger partial charge < -0.3 is 9.84 Å². The Morgan fingerprint density at radius 2 is 1.81 bits per heavy atom. The minimum Gasteiger partial charge on any atom is -0.393 e. The maximum atomic E-state index is 9.11. The van der Waals surface area contributed by atoms with Crippen LogP contribution in [0.2, 0.25) is 0 Å². The molecule has 1 N–H and O–H groups in total. The zero-order valence-electron chi connectivity index (χ0n) is 9.97. The van der Waals surface area contributed by atoms with Crippen molar-refractivity contribution in [2.45, 2.75) is 32.0 Å². The molecule has 1 aromatic carbocycles. The molecule has 0 radical (unpaired) electrons. The van der Waals surface area contributed by atoms with E-state index < -0.39 is 0 Å². The highest BCUT2D eigenvalue weighted by molar-refractivity contribution is 5.18. The lowest BCUT2D eigenvalue weighted by Crippen LogP contribution is -2.00. The van der Waals surface area contributed by atoms with E-state index in [0.29, 0.717) is 6.42 Å². The van der Waals surface area contributed by atoms with Crippen LogP contribution in [-0.4, -0.2) is 18.3 Å². The highest BCUT2D eigenvalue weighted by Gasteiger charge is 2.06. The van der Waals surface area contributed by atoms with E-state index in [1.807, 2.05) is 24.3 Å². The van der Waals surface area contributed by atoms with Crippen LogP contribution in [0.3, 0.4) is 0 Å². The Balaban J connectivity index is 2.47. The zero-order valence-corrected chi connectivity index (χ0v) is 9.97. The molecule has 1 aromatic rings. The maximum absolute atomic E-state index is 9.11. The Bertz CT molecular complexity index is 304. The van der Waals surface area contributed by atoms with Crippen molar-refractivity contribution in [1.29, 1.82) is 0 Å². The van der Waals surface area contributed by atoms with Crippen molar-refractivity contribution in [2.24, 2.45) is 0 Å². The predicted molar refractivity (Wildman–Crippen MR) is 66.2 cm³/mol. The summed E-state index contributed by atoms with van der Waals surface area (Å²) in [6, 6.07) is 10.2. The molecule has 0 amide bonds. The van der Waals surface area contributed by atoms with Gasteiger partial charge in [0.1, 0.15) is 0 Å². The molecule has 0 spiro atoms. The second-order valence-corrected chi connectivity index (χ2v) is 3.93. The molecule has 88 valence electrons. The summed E-state index contributed by atoms with van der Waals surface area (Å²) < 4.78 is 5.43. The molecule has 0 aliphatic heterocycles. The lowest BCUT2D eigenvalue weighted by molar-refractivity contribution is 0.106. The van der Waals surface area contributed by atoms with Gasteiger partial charge in [0.05, 0.1) is 12.2 Å². The van der Waals surface area contributed by atoms with Gasteiger partial charge >= 0.3 is 0 Å². The molecule has 0 bridgehead atoms. The minimum atomic E-state index is -0.269. The summed E-state index contributed by atoms with van der Waals surface area (Å²) in [4.78, 5) is 0. The number of aliphatic hydroxyl groups excluding tert-OH is 1. The predicted octanol–water partition coefficient (Wildman–Crippen LogP) is 3.09. The molecule has 0 aliphatic rings. The number of methoxy groups -OCH3 is 1. The van der Waals surface area contributed by atoms with Gasteiger partial charge in [0.15, 0.2) is 0 Å². The third-order valence-corrected chi connectivity index (χ3v) is 2.45. The van der Waals surface area contributed by atoms with Gasteiger partial charge in [0.2, 0.25) is 0 Å². The van der Waals surface area contributed by atoms with Crippen molar-refractivity contribution in [3.8, 4) is 0 Å². The SMILES string of the molecule is CO[C@H](C/C=C\C[C@@H](C)O)c1ccccc1. The van der Waals surface area contributed by atoms with Crippen LogP contribution in [0.4, 0.5) is 0 Å². The first-order valence-corrected chi connectivity index (χ1v) is 5.65. The fourth-order valence-corrected chi connectivity index (χ4v) is 1.55. The van der Waals surface area contributed by atoms with Crippen molar-refractivity contribution >= 4 is 0 Å². The smallest absolute Gasteiger partial charge is 0.0855 e. The Kier molecular flexibility index (Phi) is 5.83. The summed E-state index contributed by atoms with van der Waals surface area (Å²) in [5, 5.41) is 9.11. The summed E-state index contributed by atoms with van der Waals surface area (Å²) in [6.07, 6.45) is 5.44. The van der Waals surface area contributed by atoms with Crippen LogP contribution in [0.15, 0.2) is 42.5 Å². The number of rotatable bonds is 6. The largest absolute Gasteiger partial charge is 0.393 e. The summed E-state index contributed by atoms with van der Waals surface area (Å²) >= 11 is 0. The van der Waals surface area contributed by atoms with Gasteiger partial charge in [0, 0.05) is 7.11 Å². The van der Waals surface area contributed by atoms with Crippen LogP contribution in [0.1, 0.15) is 31.4 Å². The first kappa shape index (κ1) is 12.9. The summed E-state index contributed by atoms with van der Waals surface area (Å²) in [6.45, 7) is 1.79. The van der Waals surface area contributed by atoms with Crippen LogP contribution in [0.5, 0.6) is 0 Å². The lowest BCUT2D eigenvalue weighted by atomic mass is 10.1. The van der Waals surface area contributed by atoms with Gasteiger partial charge in [-0.3, -0.25) is 0 Å². The number of hydrogen-bond donors (Lipinski definition) is 1. The molecule has 0 unspecified atom stereocenters. The van der Waals surface area contributed by atoms with Gasteiger partial charge in [-0.05, 0) is 25.3 Å². The molecule has 0 saturated heterocycles. The van der Waals surface area contributed by atoms with Gasteiger partial charge in [-0.2, -0.15) is 0 Å². The topological polar surface area (TPSA) is 29.5 Å². The molecule has 2 atom stereocenters. The molecule has 16 heavy (non-hydrogen) atoms. The zero-order chi connectivity index (χ0) is 11.8. The van der Waals surface area contributed by atoms with Crippen LogP contribution >= 0.6 is 0 Å². The van der Waals surface area contributed by atoms with Crippen LogP contribution < -0.4 is 0 Å². The second-order valence-electron chi connectivity index (χ2n) is 3.93. The van der Waals surface area contributed by atoms with Crippen LogP contribution in [0.25, 0.3) is 0 Å². The third kappa shape index (κ3) is 4.60. The minimum absolute atomic E-state index is 0.103. The average molecular weight is 220 g/mol. The fraction of sp³-hybridized carbons (Fsp3) is 0.429. The Morgan fingerprint density at radius 1 is 1.19 bits per heavy atom.